The van der Waals surface area contributed by atoms with Gasteiger partial charge in [-0.1, -0.05) is 0 Å². The standard InChI is InChI=1S/C15H21FN2O2/c1-10(2)18-7-6-12(9-18)17-14-8-11(16)4-5-13(14)15(19)20-3/h4-5,8,10,12,17H,6-7,9H2,1-3H3. The molecule has 1 saturated heterocycles. The quantitative estimate of drug-likeness (QED) is 0.860. The Morgan fingerprint density at radius 1 is 1.50 bits per heavy atom. The molecule has 0 aliphatic carbocycles. The number of hydrogen-bond acceptors (Lipinski definition) is 4. The van der Waals surface area contributed by atoms with E-state index in [1.54, 1.807) is 0 Å². The maximum atomic E-state index is 13.4. The van der Waals surface area contributed by atoms with Crippen molar-refractivity contribution in [3.05, 3.63) is 29.6 Å². The van der Waals surface area contributed by atoms with Crippen molar-refractivity contribution in [2.24, 2.45) is 0 Å². The highest BCUT2D eigenvalue weighted by molar-refractivity contribution is 5.95. The van der Waals surface area contributed by atoms with Crippen LogP contribution in [-0.4, -0.2) is 43.2 Å². The smallest absolute Gasteiger partial charge is 0.339 e. The van der Waals surface area contributed by atoms with E-state index in [0.717, 1.165) is 19.5 Å². The molecule has 1 aromatic rings. The van der Waals surface area contributed by atoms with Crippen LogP contribution in [0.3, 0.4) is 0 Å². The highest BCUT2D eigenvalue weighted by Crippen LogP contribution is 2.22. The molecule has 4 nitrogen and oxygen atoms in total. The predicted molar refractivity (Wildman–Crippen MR) is 76.5 cm³/mol. The van der Waals surface area contributed by atoms with Crippen LogP contribution in [0.15, 0.2) is 18.2 Å². The number of ether oxygens (including phenoxy) is 1. The van der Waals surface area contributed by atoms with E-state index in [4.69, 9.17) is 4.74 Å². The maximum absolute atomic E-state index is 13.4. The lowest BCUT2D eigenvalue weighted by Crippen LogP contribution is -2.31. The second-order valence-corrected chi connectivity index (χ2v) is 5.40. The minimum absolute atomic E-state index is 0.225. The molecule has 2 rings (SSSR count). The Hall–Kier alpha value is -1.62. The molecule has 1 atom stereocenters. The van der Waals surface area contributed by atoms with E-state index in [9.17, 15) is 9.18 Å². The number of hydrogen-bond donors (Lipinski definition) is 1. The number of esters is 1. The first-order valence-corrected chi connectivity index (χ1v) is 6.89. The van der Waals surface area contributed by atoms with Gasteiger partial charge in [0.25, 0.3) is 0 Å². The van der Waals surface area contributed by atoms with Crippen LogP contribution in [0.5, 0.6) is 0 Å². The molecule has 20 heavy (non-hydrogen) atoms. The zero-order chi connectivity index (χ0) is 14.7. The summed E-state index contributed by atoms with van der Waals surface area (Å²) in [4.78, 5) is 14.1. The zero-order valence-corrected chi connectivity index (χ0v) is 12.1. The van der Waals surface area contributed by atoms with Crippen LogP contribution in [0, 0.1) is 5.82 Å². The highest BCUT2D eigenvalue weighted by Gasteiger charge is 2.25. The fraction of sp³-hybridized carbons (Fsp3) is 0.533. The Kier molecular flexibility index (Phi) is 4.60. The molecular formula is C15H21FN2O2. The molecule has 110 valence electrons. The normalized spacial score (nSPS) is 19.4. The largest absolute Gasteiger partial charge is 0.465 e. The number of benzene rings is 1. The number of carbonyl (C=O) groups excluding carboxylic acids is 1. The molecule has 0 spiro atoms. The Morgan fingerprint density at radius 3 is 2.85 bits per heavy atom. The van der Waals surface area contributed by atoms with Gasteiger partial charge in [-0.3, -0.25) is 4.90 Å². The monoisotopic (exact) mass is 280 g/mol. The number of carbonyl (C=O) groups is 1. The number of methoxy groups -OCH3 is 1. The molecule has 0 bridgehead atoms. The number of likely N-dealkylation sites (tertiary alicyclic amines) is 1. The first-order valence-electron chi connectivity index (χ1n) is 6.89. The SMILES string of the molecule is COC(=O)c1ccc(F)cc1NC1CCN(C(C)C)C1. The molecule has 5 heteroatoms. The molecule has 1 aromatic carbocycles. The summed E-state index contributed by atoms with van der Waals surface area (Å²) < 4.78 is 18.1. The van der Waals surface area contributed by atoms with Crippen LogP contribution >= 0.6 is 0 Å². The van der Waals surface area contributed by atoms with Crippen molar-refractivity contribution in [1.29, 1.82) is 0 Å². The first kappa shape index (κ1) is 14.8. The van der Waals surface area contributed by atoms with Gasteiger partial charge in [-0.15, -0.1) is 0 Å². The molecule has 1 fully saturated rings. The first-order chi connectivity index (χ1) is 9.51. The van der Waals surface area contributed by atoms with Gasteiger partial charge in [-0.25, -0.2) is 9.18 Å². The summed E-state index contributed by atoms with van der Waals surface area (Å²) in [7, 11) is 1.32. The molecule has 0 amide bonds. The number of nitrogens with zero attached hydrogens (tertiary/aromatic N) is 1. The van der Waals surface area contributed by atoms with E-state index in [-0.39, 0.29) is 11.9 Å². The summed E-state index contributed by atoms with van der Waals surface area (Å²) >= 11 is 0. The van der Waals surface area contributed by atoms with Crippen LogP contribution in [-0.2, 0) is 4.74 Å². The third-order valence-corrected chi connectivity index (χ3v) is 3.70. The Labute approximate surface area is 118 Å². The summed E-state index contributed by atoms with van der Waals surface area (Å²) in [5, 5.41) is 3.27. The lowest BCUT2D eigenvalue weighted by molar-refractivity contribution is 0.0601. The molecule has 1 aliphatic heterocycles. The summed E-state index contributed by atoms with van der Waals surface area (Å²) in [5.74, 6) is -0.815. The van der Waals surface area contributed by atoms with Crippen molar-refractivity contribution in [2.75, 3.05) is 25.5 Å². The predicted octanol–water partition coefficient (Wildman–Crippen LogP) is 2.51. The van der Waals surface area contributed by atoms with Gasteiger partial charge in [0.15, 0.2) is 0 Å². The molecule has 0 aromatic heterocycles. The second-order valence-electron chi connectivity index (χ2n) is 5.40. The minimum atomic E-state index is -0.453. The summed E-state index contributed by atoms with van der Waals surface area (Å²) in [6.07, 6.45) is 0.981. The molecule has 1 aliphatic rings. The van der Waals surface area contributed by atoms with Crippen LogP contribution in [0.2, 0.25) is 0 Å². The Bertz CT molecular complexity index is 491. The molecule has 1 unspecified atom stereocenters. The fourth-order valence-corrected chi connectivity index (χ4v) is 2.52. The van der Waals surface area contributed by atoms with Gasteiger partial charge in [0.2, 0.25) is 0 Å². The maximum Gasteiger partial charge on any atom is 0.339 e. The van der Waals surface area contributed by atoms with Crippen LogP contribution in [0.1, 0.15) is 30.6 Å². The van der Waals surface area contributed by atoms with E-state index in [1.165, 1.54) is 25.3 Å². The minimum Gasteiger partial charge on any atom is -0.465 e. The molecule has 1 heterocycles. The van der Waals surface area contributed by atoms with E-state index in [1.807, 2.05) is 0 Å². The van der Waals surface area contributed by atoms with Crippen LogP contribution in [0.4, 0.5) is 10.1 Å². The number of nitrogens with one attached hydrogen (secondary N) is 1. The average molecular weight is 280 g/mol. The van der Waals surface area contributed by atoms with Crippen molar-refractivity contribution < 1.29 is 13.9 Å². The van der Waals surface area contributed by atoms with Gasteiger partial charge >= 0.3 is 5.97 Å². The van der Waals surface area contributed by atoms with Crippen molar-refractivity contribution in [1.82, 2.24) is 4.90 Å². The van der Waals surface area contributed by atoms with Crippen molar-refractivity contribution >= 4 is 11.7 Å². The average Bonchev–Trinajstić information content (AvgIpc) is 2.87. The van der Waals surface area contributed by atoms with E-state index >= 15 is 0 Å². The van der Waals surface area contributed by atoms with Crippen molar-refractivity contribution in [2.45, 2.75) is 32.4 Å². The number of halogens is 1. The molecule has 0 saturated carbocycles. The van der Waals surface area contributed by atoms with Gasteiger partial charge in [0.05, 0.1) is 18.4 Å². The van der Waals surface area contributed by atoms with Crippen LogP contribution < -0.4 is 5.32 Å². The number of rotatable bonds is 4. The van der Waals surface area contributed by atoms with Crippen molar-refractivity contribution in [3.63, 3.8) is 0 Å². The highest BCUT2D eigenvalue weighted by atomic mass is 19.1. The molecule has 1 N–H and O–H groups in total. The van der Waals surface area contributed by atoms with Crippen LogP contribution in [0.25, 0.3) is 0 Å². The van der Waals surface area contributed by atoms with Gasteiger partial charge in [-0.2, -0.15) is 0 Å². The summed E-state index contributed by atoms with van der Waals surface area (Å²) in [5.41, 5.74) is 0.879. The van der Waals surface area contributed by atoms with E-state index in [0.29, 0.717) is 17.3 Å². The number of anilines is 1. The molecule has 0 radical (unpaired) electrons. The second kappa shape index (κ2) is 6.22. The Balaban J connectivity index is 2.13. The zero-order valence-electron chi connectivity index (χ0n) is 12.1. The van der Waals surface area contributed by atoms with Gasteiger partial charge in [0.1, 0.15) is 5.82 Å². The third-order valence-electron chi connectivity index (χ3n) is 3.70. The summed E-state index contributed by atoms with van der Waals surface area (Å²) in [6.45, 7) is 6.22. The van der Waals surface area contributed by atoms with Gasteiger partial charge in [-0.05, 0) is 38.5 Å². The van der Waals surface area contributed by atoms with Crippen molar-refractivity contribution in [3.8, 4) is 0 Å². The lowest BCUT2D eigenvalue weighted by atomic mass is 10.1. The molecular weight excluding hydrogens is 259 g/mol. The van der Waals surface area contributed by atoms with Gasteiger partial charge < -0.3 is 10.1 Å². The lowest BCUT2D eigenvalue weighted by Gasteiger charge is -2.21. The van der Waals surface area contributed by atoms with E-state index in [2.05, 4.69) is 24.1 Å². The summed E-state index contributed by atoms with van der Waals surface area (Å²) in [6, 6.07) is 4.80. The third kappa shape index (κ3) is 3.28. The van der Waals surface area contributed by atoms with Gasteiger partial charge in [0, 0.05) is 25.2 Å². The topological polar surface area (TPSA) is 41.6 Å². The van der Waals surface area contributed by atoms with E-state index < -0.39 is 5.97 Å². The Morgan fingerprint density at radius 2 is 2.25 bits per heavy atom. The fourth-order valence-electron chi connectivity index (χ4n) is 2.52.